The Kier molecular flexibility index (Phi) is 6.69. The summed E-state index contributed by atoms with van der Waals surface area (Å²) in [5.41, 5.74) is 11.2. The van der Waals surface area contributed by atoms with Crippen molar-refractivity contribution >= 4 is 11.8 Å². The van der Waals surface area contributed by atoms with E-state index in [1.54, 1.807) is 54.6 Å². The molecule has 1 saturated carbocycles. The number of carbonyl (C=O) groups is 2. The highest BCUT2D eigenvalue weighted by molar-refractivity contribution is 5.92. The van der Waals surface area contributed by atoms with Gasteiger partial charge in [0, 0.05) is 30.5 Å². The number of rotatable bonds is 9. The van der Waals surface area contributed by atoms with Gasteiger partial charge in [0.25, 0.3) is 0 Å². The van der Waals surface area contributed by atoms with Crippen LogP contribution in [-0.2, 0) is 11.2 Å². The van der Waals surface area contributed by atoms with Crippen LogP contribution in [0.5, 0.6) is 0 Å². The lowest BCUT2D eigenvalue weighted by Gasteiger charge is -2.29. The van der Waals surface area contributed by atoms with Crippen LogP contribution >= 0.6 is 0 Å². The quantitative estimate of drug-likeness (QED) is 0.566. The van der Waals surface area contributed by atoms with E-state index < -0.39 is 35.4 Å². The number of halogens is 3. The van der Waals surface area contributed by atoms with Gasteiger partial charge >= 0.3 is 6.18 Å². The third-order valence-electron chi connectivity index (χ3n) is 5.91. The lowest BCUT2D eigenvalue weighted by Crippen LogP contribution is -2.40. The first kappa shape index (κ1) is 22.8. The Morgan fingerprint density at radius 3 is 2.16 bits per heavy atom. The van der Waals surface area contributed by atoms with E-state index in [0.29, 0.717) is 17.5 Å². The molecule has 1 fully saturated rings. The van der Waals surface area contributed by atoms with Crippen molar-refractivity contribution in [1.82, 2.24) is 5.32 Å². The zero-order valence-corrected chi connectivity index (χ0v) is 17.0. The summed E-state index contributed by atoms with van der Waals surface area (Å²) >= 11 is 0. The Bertz CT molecular complexity index is 910. The summed E-state index contributed by atoms with van der Waals surface area (Å²) in [6.45, 7) is 0.136. The maximum atomic E-state index is 13.7. The van der Waals surface area contributed by atoms with Crippen LogP contribution in [0.25, 0.3) is 0 Å². The Balaban J connectivity index is 1.59. The number of hydrogen-bond acceptors (Lipinski definition) is 3. The number of primary amides is 1. The van der Waals surface area contributed by atoms with E-state index in [1.165, 1.54) is 0 Å². The van der Waals surface area contributed by atoms with Gasteiger partial charge in [0.05, 0.1) is 5.41 Å². The van der Waals surface area contributed by atoms with Gasteiger partial charge in [0.2, 0.25) is 11.8 Å². The first-order valence-electron chi connectivity index (χ1n) is 10.1. The second-order valence-corrected chi connectivity index (χ2v) is 8.15. The number of alkyl halides is 3. The molecule has 0 unspecified atom stereocenters. The minimum atomic E-state index is -4.36. The molecule has 0 aliphatic heterocycles. The van der Waals surface area contributed by atoms with E-state index in [0.717, 1.165) is 5.56 Å². The molecule has 0 heterocycles. The number of benzene rings is 2. The molecule has 0 aromatic heterocycles. The van der Waals surface area contributed by atoms with Gasteiger partial charge in [-0.05, 0) is 42.5 Å². The molecule has 1 aliphatic carbocycles. The molecule has 0 radical (unpaired) electrons. The SMILES string of the molecule is NC(=O)c1ccc(C[C@H](N)CNC(=O)C[C@@H](c2ccccc2)C2(C(F)(F)F)CC2)cc1. The molecular formula is C23H26F3N3O2. The third-order valence-corrected chi connectivity index (χ3v) is 5.91. The second-order valence-electron chi connectivity index (χ2n) is 8.15. The summed E-state index contributed by atoms with van der Waals surface area (Å²) in [6, 6.07) is 14.6. The Morgan fingerprint density at radius 2 is 1.65 bits per heavy atom. The molecule has 2 amide bonds. The minimum Gasteiger partial charge on any atom is -0.366 e. The van der Waals surface area contributed by atoms with Crippen molar-refractivity contribution in [2.75, 3.05) is 6.54 Å². The highest BCUT2D eigenvalue weighted by atomic mass is 19.4. The molecule has 2 atom stereocenters. The van der Waals surface area contributed by atoms with Gasteiger partial charge in [0.1, 0.15) is 0 Å². The van der Waals surface area contributed by atoms with Crippen LogP contribution in [-0.4, -0.2) is 30.6 Å². The summed E-state index contributed by atoms with van der Waals surface area (Å²) in [4.78, 5) is 23.6. The first-order chi connectivity index (χ1) is 14.6. The average Bonchev–Trinajstić information content (AvgIpc) is 3.53. The largest absolute Gasteiger partial charge is 0.395 e. The maximum Gasteiger partial charge on any atom is 0.395 e. The van der Waals surface area contributed by atoms with Crippen molar-refractivity contribution < 1.29 is 22.8 Å². The highest BCUT2D eigenvalue weighted by Crippen LogP contribution is 2.66. The number of amides is 2. The predicted octanol–water partition coefficient (Wildman–Crippen LogP) is 3.29. The van der Waals surface area contributed by atoms with Gasteiger partial charge in [0.15, 0.2) is 0 Å². The zero-order chi connectivity index (χ0) is 22.6. The van der Waals surface area contributed by atoms with E-state index in [-0.39, 0.29) is 25.8 Å². The molecular weight excluding hydrogens is 407 g/mol. The van der Waals surface area contributed by atoms with E-state index in [4.69, 9.17) is 11.5 Å². The van der Waals surface area contributed by atoms with Crippen LogP contribution in [0, 0.1) is 5.41 Å². The Morgan fingerprint density at radius 1 is 1.03 bits per heavy atom. The van der Waals surface area contributed by atoms with Gasteiger partial charge < -0.3 is 16.8 Å². The van der Waals surface area contributed by atoms with Gasteiger partial charge in [-0.3, -0.25) is 9.59 Å². The van der Waals surface area contributed by atoms with Gasteiger partial charge in [-0.2, -0.15) is 13.2 Å². The normalized spacial score (nSPS) is 16.9. The molecule has 166 valence electrons. The van der Waals surface area contributed by atoms with E-state index in [1.807, 2.05) is 0 Å². The molecule has 5 N–H and O–H groups in total. The molecule has 31 heavy (non-hydrogen) atoms. The first-order valence-corrected chi connectivity index (χ1v) is 10.1. The summed E-state index contributed by atoms with van der Waals surface area (Å²) in [6.07, 6.45) is -4.10. The molecule has 5 nitrogen and oxygen atoms in total. The second kappa shape index (κ2) is 9.09. The van der Waals surface area contributed by atoms with Crippen LogP contribution in [0.1, 0.15) is 46.7 Å². The van der Waals surface area contributed by atoms with Crippen LogP contribution in [0.4, 0.5) is 13.2 Å². The average molecular weight is 433 g/mol. The maximum absolute atomic E-state index is 13.7. The van der Waals surface area contributed by atoms with Crippen LogP contribution in [0.15, 0.2) is 54.6 Å². The molecule has 0 saturated heterocycles. The Labute approximate surface area is 179 Å². The summed E-state index contributed by atoms with van der Waals surface area (Å²) in [5.74, 6) is -1.90. The fraction of sp³-hybridized carbons (Fsp3) is 0.391. The van der Waals surface area contributed by atoms with Crippen LogP contribution < -0.4 is 16.8 Å². The van der Waals surface area contributed by atoms with Crippen molar-refractivity contribution in [3.05, 3.63) is 71.3 Å². The number of nitrogens with two attached hydrogens (primary N) is 2. The summed E-state index contributed by atoms with van der Waals surface area (Å²) in [7, 11) is 0. The van der Waals surface area contributed by atoms with Gasteiger partial charge in [-0.15, -0.1) is 0 Å². The number of carbonyl (C=O) groups excluding carboxylic acids is 2. The zero-order valence-electron chi connectivity index (χ0n) is 17.0. The lowest BCUT2D eigenvalue weighted by atomic mass is 9.80. The fourth-order valence-corrected chi connectivity index (χ4v) is 3.96. The molecule has 8 heteroatoms. The van der Waals surface area contributed by atoms with Crippen LogP contribution in [0.2, 0.25) is 0 Å². The summed E-state index contributed by atoms with van der Waals surface area (Å²) in [5, 5.41) is 2.68. The molecule has 0 spiro atoms. The summed E-state index contributed by atoms with van der Waals surface area (Å²) < 4.78 is 41.2. The predicted molar refractivity (Wildman–Crippen MR) is 111 cm³/mol. The lowest BCUT2D eigenvalue weighted by molar-refractivity contribution is -0.194. The number of hydrogen-bond donors (Lipinski definition) is 3. The van der Waals surface area contributed by atoms with E-state index in [9.17, 15) is 22.8 Å². The monoisotopic (exact) mass is 433 g/mol. The third kappa shape index (κ3) is 5.44. The molecule has 0 bridgehead atoms. The standard InChI is InChI=1S/C23H26F3N3O2/c24-23(25,26)22(10-11-22)19(16-4-2-1-3-5-16)13-20(30)29-14-18(27)12-15-6-8-17(9-7-15)21(28)31/h1-9,18-19H,10-14,27H2,(H2,28,31)(H,29,30)/t18-,19-/m0/s1. The van der Waals surface area contributed by atoms with Crippen molar-refractivity contribution in [3.63, 3.8) is 0 Å². The van der Waals surface area contributed by atoms with Crippen molar-refractivity contribution in [2.45, 2.75) is 43.8 Å². The van der Waals surface area contributed by atoms with Gasteiger partial charge in [-0.25, -0.2) is 0 Å². The van der Waals surface area contributed by atoms with Crippen molar-refractivity contribution in [2.24, 2.45) is 16.9 Å². The smallest absolute Gasteiger partial charge is 0.366 e. The van der Waals surface area contributed by atoms with Crippen LogP contribution in [0.3, 0.4) is 0 Å². The topological polar surface area (TPSA) is 98.2 Å². The van der Waals surface area contributed by atoms with E-state index in [2.05, 4.69) is 5.32 Å². The molecule has 1 aliphatic rings. The van der Waals surface area contributed by atoms with Gasteiger partial charge in [-0.1, -0.05) is 42.5 Å². The highest BCUT2D eigenvalue weighted by Gasteiger charge is 2.67. The fourth-order valence-electron chi connectivity index (χ4n) is 3.96. The molecule has 2 aromatic carbocycles. The van der Waals surface area contributed by atoms with E-state index >= 15 is 0 Å². The molecule has 3 rings (SSSR count). The minimum absolute atomic E-state index is 0.0319. The number of nitrogens with one attached hydrogen (secondary N) is 1. The Hall–Kier alpha value is -2.87. The van der Waals surface area contributed by atoms with Crippen molar-refractivity contribution in [3.8, 4) is 0 Å². The van der Waals surface area contributed by atoms with Crippen molar-refractivity contribution in [1.29, 1.82) is 0 Å². The molecule has 2 aromatic rings.